The molecule has 18 heavy (non-hydrogen) atoms. The third-order valence-corrected chi connectivity index (χ3v) is 3.95. The van der Waals surface area contributed by atoms with Gasteiger partial charge in [-0.25, -0.2) is 4.39 Å². The van der Waals surface area contributed by atoms with Gasteiger partial charge in [0.2, 0.25) is 0 Å². The SMILES string of the molecule is CCCCCN1CCc2cc(Br)c(F)cc2C1=O. The van der Waals surface area contributed by atoms with E-state index < -0.39 is 0 Å². The number of carbonyl (C=O) groups is 1. The summed E-state index contributed by atoms with van der Waals surface area (Å²) in [5.41, 5.74) is 1.47. The fraction of sp³-hybridized carbons (Fsp3) is 0.500. The summed E-state index contributed by atoms with van der Waals surface area (Å²) in [7, 11) is 0. The number of carbonyl (C=O) groups excluding carboxylic acids is 1. The van der Waals surface area contributed by atoms with E-state index in [1.54, 1.807) is 6.07 Å². The zero-order valence-corrected chi connectivity index (χ0v) is 12.1. The van der Waals surface area contributed by atoms with Crippen molar-refractivity contribution in [3.8, 4) is 0 Å². The Balaban J connectivity index is 2.15. The lowest BCUT2D eigenvalue weighted by Gasteiger charge is -2.28. The fourth-order valence-corrected chi connectivity index (χ4v) is 2.68. The maximum atomic E-state index is 13.5. The molecule has 0 N–H and O–H groups in total. The van der Waals surface area contributed by atoms with Crippen molar-refractivity contribution in [2.24, 2.45) is 0 Å². The zero-order chi connectivity index (χ0) is 13.1. The predicted octanol–water partition coefficient (Wildman–Crippen LogP) is 3.78. The molecule has 0 aliphatic carbocycles. The maximum Gasteiger partial charge on any atom is 0.254 e. The lowest BCUT2D eigenvalue weighted by Crippen LogP contribution is -2.38. The highest BCUT2D eigenvalue weighted by Crippen LogP contribution is 2.25. The summed E-state index contributed by atoms with van der Waals surface area (Å²) >= 11 is 3.16. The topological polar surface area (TPSA) is 20.3 Å². The van der Waals surface area contributed by atoms with Crippen molar-refractivity contribution in [3.05, 3.63) is 33.5 Å². The molecule has 1 aliphatic heterocycles. The third-order valence-electron chi connectivity index (χ3n) is 3.35. The van der Waals surface area contributed by atoms with E-state index in [0.717, 1.165) is 44.3 Å². The minimum atomic E-state index is -0.363. The second-order valence-electron chi connectivity index (χ2n) is 4.67. The van der Waals surface area contributed by atoms with Gasteiger partial charge in [0.1, 0.15) is 5.82 Å². The molecule has 0 saturated carbocycles. The van der Waals surface area contributed by atoms with Crippen LogP contribution in [0.25, 0.3) is 0 Å². The van der Waals surface area contributed by atoms with Gasteiger partial charge in [0.15, 0.2) is 0 Å². The number of unbranched alkanes of at least 4 members (excludes halogenated alkanes) is 2. The second-order valence-corrected chi connectivity index (χ2v) is 5.53. The summed E-state index contributed by atoms with van der Waals surface area (Å²) < 4.78 is 13.9. The van der Waals surface area contributed by atoms with E-state index in [1.807, 2.05) is 4.90 Å². The molecule has 0 unspecified atom stereocenters. The molecule has 1 aliphatic rings. The van der Waals surface area contributed by atoms with Gasteiger partial charge in [0.05, 0.1) is 4.47 Å². The molecule has 2 nitrogen and oxygen atoms in total. The Labute approximate surface area is 115 Å². The molecule has 4 heteroatoms. The number of fused-ring (bicyclic) bond motifs is 1. The first-order valence-corrected chi connectivity index (χ1v) is 7.20. The molecule has 1 heterocycles. The van der Waals surface area contributed by atoms with E-state index >= 15 is 0 Å². The molecule has 0 saturated heterocycles. The van der Waals surface area contributed by atoms with Gasteiger partial charge in [-0.15, -0.1) is 0 Å². The van der Waals surface area contributed by atoms with Crippen LogP contribution in [0.3, 0.4) is 0 Å². The minimum absolute atomic E-state index is 0.0289. The number of benzene rings is 1. The molecular weight excluding hydrogens is 297 g/mol. The average Bonchev–Trinajstić information content (AvgIpc) is 2.35. The van der Waals surface area contributed by atoms with Crippen molar-refractivity contribution < 1.29 is 9.18 Å². The molecule has 0 aromatic heterocycles. The smallest absolute Gasteiger partial charge is 0.254 e. The van der Waals surface area contributed by atoms with Gasteiger partial charge in [-0.05, 0) is 46.5 Å². The van der Waals surface area contributed by atoms with Crippen LogP contribution in [0.2, 0.25) is 0 Å². The highest BCUT2D eigenvalue weighted by molar-refractivity contribution is 9.10. The van der Waals surface area contributed by atoms with E-state index in [1.165, 1.54) is 6.07 Å². The first-order chi connectivity index (χ1) is 8.63. The molecule has 1 amide bonds. The Bertz CT molecular complexity index is 461. The Morgan fingerprint density at radius 1 is 1.39 bits per heavy atom. The number of hydrogen-bond acceptors (Lipinski definition) is 1. The molecule has 0 spiro atoms. The van der Waals surface area contributed by atoms with Crippen molar-refractivity contribution in [2.45, 2.75) is 32.6 Å². The maximum absolute atomic E-state index is 13.5. The largest absolute Gasteiger partial charge is 0.338 e. The van der Waals surface area contributed by atoms with Gasteiger partial charge in [0, 0.05) is 18.7 Å². The van der Waals surface area contributed by atoms with Crippen LogP contribution >= 0.6 is 15.9 Å². The summed E-state index contributed by atoms with van der Waals surface area (Å²) in [4.78, 5) is 14.1. The Kier molecular flexibility index (Phi) is 4.38. The average molecular weight is 314 g/mol. The van der Waals surface area contributed by atoms with Crippen LogP contribution in [0.4, 0.5) is 4.39 Å². The van der Waals surface area contributed by atoms with E-state index in [-0.39, 0.29) is 11.7 Å². The van der Waals surface area contributed by atoms with E-state index in [9.17, 15) is 9.18 Å². The molecule has 2 rings (SSSR count). The molecule has 1 aromatic carbocycles. The number of nitrogens with zero attached hydrogens (tertiary/aromatic N) is 1. The number of halogens is 2. The summed E-state index contributed by atoms with van der Waals surface area (Å²) in [6.45, 7) is 3.66. The summed E-state index contributed by atoms with van der Waals surface area (Å²) in [5.74, 6) is -0.392. The van der Waals surface area contributed by atoms with Crippen LogP contribution in [0, 0.1) is 5.82 Å². The first-order valence-electron chi connectivity index (χ1n) is 6.40. The molecule has 98 valence electrons. The number of amides is 1. The van der Waals surface area contributed by atoms with Gasteiger partial charge >= 0.3 is 0 Å². The predicted molar refractivity (Wildman–Crippen MR) is 73.2 cm³/mol. The van der Waals surface area contributed by atoms with E-state index in [2.05, 4.69) is 22.9 Å². The fourth-order valence-electron chi connectivity index (χ4n) is 2.29. The van der Waals surface area contributed by atoms with Gasteiger partial charge in [-0.2, -0.15) is 0 Å². The highest BCUT2D eigenvalue weighted by atomic mass is 79.9. The lowest BCUT2D eigenvalue weighted by atomic mass is 9.98. The standard InChI is InChI=1S/C14H17BrFNO/c1-2-3-4-6-17-7-5-10-8-12(15)13(16)9-11(10)14(17)18/h8-9H,2-7H2,1H3. The Morgan fingerprint density at radius 2 is 2.17 bits per heavy atom. The van der Waals surface area contributed by atoms with Crippen LogP contribution in [0.1, 0.15) is 42.1 Å². The van der Waals surface area contributed by atoms with Gasteiger partial charge < -0.3 is 4.90 Å². The lowest BCUT2D eigenvalue weighted by molar-refractivity contribution is 0.0736. The Hall–Kier alpha value is -0.900. The Morgan fingerprint density at radius 3 is 2.89 bits per heavy atom. The minimum Gasteiger partial charge on any atom is -0.338 e. The van der Waals surface area contributed by atoms with Crippen molar-refractivity contribution in [3.63, 3.8) is 0 Å². The van der Waals surface area contributed by atoms with Crippen molar-refractivity contribution in [1.29, 1.82) is 0 Å². The van der Waals surface area contributed by atoms with Crippen molar-refractivity contribution in [2.75, 3.05) is 13.1 Å². The zero-order valence-electron chi connectivity index (χ0n) is 10.5. The second kappa shape index (κ2) is 5.83. The molecule has 0 atom stereocenters. The van der Waals surface area contributed by atoms with E-state index in [0.29, 0.717) is 10.0 Å². The molecule has 0 bridgehead atoms. The summed E-state index contributed by atoms with van der Waals surface area (Å²) in [6, 6.07) is 3.08. The van der Waals surface area contributed by atoms with Crippen LogP contribution < -0.4 is 0 Å². The van der Waals surface area contributed by atoms with Gasteiger partial charge in [-0.3, -0.25) is 4.79 Å². The monoisotopic (exact) mass is 313 g/mol. The third kappa shape index (κ3) is 2.74. The van der Waals surface area contributed by atoms with Crippen molar-refractivity contribution in [1.82, 2.24) is 4.90 Å². The molecule has 0 radical (unpaired) electrons. The summed E-state index contributed by atoms with van der Waals surface area (Å²) in [5, 5.41) is 0. The molecule has 0 fully saturated rings. The van der Waals surface area contributed by atoms with Crippen LogP contribution in [-0.4, -0.2) is 23.9 Å². The molecule has 1 aromatic rings. The summed E-state index contributed by atoms with van der Waals surface area (Å²) in [6.07, 6.45) is 4.11. The van der Waals surface area contributed by atoms with Crippen LogP contribution in [0.5, 0.6) is 0 Å². The van der Waals surface area contributed by atoms with Crippen molar-refractivity contribution >= 4 is 21.8 Å². The van der Waals surface area contributed by atoms with Crippen LogP contribution in [0.15, 0.2) is 16.6 Å². The van der Waals surface area contributed by atoms with Gasteiger partial charge in [-0.1, -0.05) is 19.8 Å². The normalized spacial score (nSPS) is 14.8. The van der Waals surface area contributed by atoms with Gasteiger partial charge in [0.25, 0.3) is 5.91 Å². The first kappa shape index (κ1) is 13.5. The van der Waals surface area contributed by atoms with Crippen LogP contribution in [-0.2, 0) is 6.42 Å². The number of rotatable bonds is 4. The van der Waals surface area contributed by atoms with E-state index in [4.69, 9.17) is 0 Å². The quantitative estimate of drug-likeness (QED) is 0.775. The molecular formula is C14H17BrFNO. The number of hydrogen-bond donors (Lipinski definition) is 0. The highest BCUT2D eigenvalue weighted by Gasteiger charge is 2.25.